The van der Waals surface area contributed by atoms with Gasteiger partial charge in [0.15, 0.2) is 0 Å². The van der Waals surface area contributed by atoms with Crippen LogP contribution in [-0.2, 0) is 0 Å². The number of nitrogens with one attached hydrogen (secondary N) is 1. The lowest BCUT2D eigenvalue weighted by Crippen LogP contribution is -2.35. The fourth-order valence-corrected chi connectivity index (χ4v) is 4.22. The maximum atomic E-state index is 3.57. The minimum atomic E-state index is 0. The second-order valence-corrected chi connectivity index (χ2v) is 6.43. The molecule has 2 rings (SSSR count). The normalized spacial score (nSPS) is 24.3. The SMILES string of the molecule is CCCC1(CCC)CCC2(CCNC2)CC1.Cl.Cl. The van der Waals surface area contributed by atoms with Crippen LogP contribution in [-0.4, -0.2) is 13.1 Å². The van der Waals surface area contributed by atoms with Crippen LogP contribution < -0.4 is 5.32 Å². The number of halogens is 2. The van der Waals surface area contributed by atoms with Gasteiger partial charge in [-0.05, 0) is 62.3 Å². The van der Waals surface area contributed by atoms with E-state index in [4.69, 9.17) is 0 Å². The first kappa shape index (κ1) is 18.5. The van der Waals surface area contributed by atoms with E-state index in [9.17, 15) is 0 Å². The van der Waals surface area contributed by atoms with E-state index >= 15 is 0 Å². The van der Waals surface area contributed by atoms with Crippen molar-refractivity contribution < 1.29 is 0 Å². The van der Waals surface area contributed by atoms with Crippen molar-refractivity contribution in [1.82, 2.24) is 5.32 Å². The highest BCUT2D eigenvalue weighted by Crippen LogP contribution is 2.52. The second-order valence-electron chi connectivity index (χ2n) is 6.43. The Morgan fingerprint density at radius 2 is 1.39 bits per heavy atom. The number of rotatable bonds is 4. The fourth-order valence-electron chi connectivity index (χ4n) is 4.22. The molecular weight excluding hydrogens is 265 g/mol. The van der Waals surface area contributed by atoms with Crippen LogP contribution in [0.4, 0.5) is 0 Å². The maximum Gasteiger partial charge on any atom is 0.000829 e. The molecule has 0 aromatic carbocycles. The molecule has 1 saturated carbocycles. The molecular formula is C15H31Cl2N. The van der Waals surface area contributed by atoms with Gasteiger partial charge in [-0.25, -0.2) is 0 Å². The van der Waals surface area contributed by atoms with Crippen LogP contribution in [0.2, 0.25) is 0 Å². The van der Waals surface area contributed by atoms with Gasteiger partial charge in [0.2, 0.25) is 0 Å². The summed E-state index contributed by atoms with van der Waals surface area (Å²) in [5.41, 5.74) is 1.45. The zero-order valence-electron chi connectivity index (χ0n) is 12.1. The minimum absolute atomic E-state index is 0. The molecule has 3 heteroatoms. The van der Waals surface area contributed by atoms with Gasteiger partial charge in [-0.3, -0.25) is 0 Å². The van der Waals surface area contributed by atoms with Crippen molar-refractivity contribution in [1.29, 1.82) is 0 Å². The first-order chi connectivity index (χ1) is 7.74. The Balaban J connectivity index is 0.00000144. The smallest absolute Gasteiger partial charge is 0.000829 e. The molecule has 0 bridgehead atoms. The summed E-state index contributed by atoms with van der Waals surface area (Å²) in [6.07, 6.45) is 13.2. The highest BCUT2D eigenvalue weighted by atomic mass is 35.5. The Morgan fingerprint density at radius 3 is 1.78 bits per heavy atom. The van der Waals surface area contributed by atoms with Gasteiger partial charge < -0.3 is 5.32 Å². The van der Waals surface area contributed by atoms with Gasteiger partial charge in [0.05, 0.1) is 0 Å². The molecule has 110 valence electrons. The second kappa shape index (κ2) is 7.97. The third kappa shape index (κ3) is 4.02. The third-order valence-corrected chi connectivity index (χ3v) is 5.26. The predicted octanol–water partition coefficient (Wildman–Crippen LogP) is 4.97. The van der Waals surface area contributed by atoms with Gasteiger partial charge >= 0.3 is 0 Å². The van der Waals surface area contributed by atoms with Crippen molar-refractivity contribution in [2.75, 3.05) is 13.1 Å². The summed E-state index contributed by atoms with van der Waals surface area (Å²) < 4.78 is 0. The molecule has 0 aromatic rings. The Kier molecular flexibility index (Phi) is 8.21. The van der Waals surface area contributed by atoms with Gasteiger partial charge in [0.1, 0.15) is 0 Å². The maximum absolute atomic E-state index is 3.57. The first-order valence-electron chi connectivity index (χ1n) is 7.45. The molecule has 0 radical (unpaired) electrons. The third-order valence-electron chi connectivity index (χ3n) is 5.26. The molecule has 18 heavy (non-hydrogen) atoms. The lowest BCUT2D eigenvalue weighted by atomic mass is 9.60. The predicted molar refractivity (Wildman–Crippen MR) is 85.1 cm³/mol. The van der Waals surface area contributed by atoms with Crippen LogP contribution in [0, 0.1) is 10.8 Å². The summed E-state index contributed by atoms with van der Waals surface area (Å²) >= 11 is 0. The molecule has 1 N–H and O–H groups in total. The Labute approximate surface area is 126 Å². The summed E-state index contributed by atoms with van der Waals surface area (Å²) in [6.45, 7) is 7.30. The van der Waals surface area contributed by atoms with Crippen LogP contribution in [0.25, 0.3) is 0 Å². The van der Waals surface area contributed by atoms with Gasteiger partial charge in [-0.1, -0.05) is 26.7 Å². The van der Waals surface area contributed by atoms with Crippen molar-refractivity contribution in [3.63, 3.8) is 0 Å². The molecule has 0 unspecified atom stereocenters. The molecule has 0 atom stereocenters. The van der Waals surface area contributed by atoms with Gasteiger partial charge in [0, 0.05) is 6.54 Å². The van der Waals surface area contributed by atoms with E-state index in [0.29, 0.717) is 5.41 Å². The van der Waals surface area contributed by atoms with E-state index < -0.39 is 0 Å². The standard InChI is InChI=1S/C15H29N.2ClH/c1-3-5-14(6-4-2)7-9-15(10-8-14)11-12-16-13-15;;/h16H,3-13H2,1-2H3;2*1H. The first-order valence-corrected chi connectivity index (χ1v) is 7.45. The Bertz CT molecular complexity index is 207. The van der Waals surface area contributed by atoms with Crippen molar-refractivity contribution >= 4 is 24.8 Å². The molecule has 2 aliphatic rings. The van der Waals surface area contributed by atoms with Crippen LogP contribution in [0.15, 0.2) is 0 Å². The summed E-state index contributed by atoms with van der Waals surface area (Å²) in [4.78, 5) is 0. The van der Waals surface area contributed by atoms with Crippen LogP contribution in [0.3, 0.4) is 0 Å². The Morgan fingerprint density at radius 1 is 0.833 bits per heavy atom. The van der Waals surface area contributed by atoms with Gasteiger partial charge in [-0.2, -0.15) is 0 Å². The molecule has 1 aliphatic heterocycles. The van der Waals surface area contributed by atoms with E-state index in [0.717, 1.165) is 5.41 Å². The van der Waals surface area contributed by atoms with Crippen LogP contribution in [0.5, 0.6) is 0 Å². The monoisotopic (exact) mass is 295 g/mol. The van der Waals surface area contributed by atoms with Crippen molar-refractivity contribution in [2.24, 2.45) is 10.8 Å². The van der Waals surface area contributed by atoms with E-state index in [-0.39, 0.29) is 24.8 Å². The lowest BCUT2D eigenvalue weighted by molar-refractivity contribution is 0.0721. The van der Waals surface area contributed by atoms with Crippen molar-refractivity contribution in [3.05, 3.63) is 0 Å². The molecule has 1 aliphatic carbocycles. The minimum Gasteiger partial charge on any atom is -0.316 e. The van der Waals surface area contributed by atoms with Crippen LogP contribution in [0.1, 0.15) is 71.6 Å². The molecule has 1 heterocycles. The van der Waals surface area contributed by atoms with E-state index in [2.05, 4.69) is 19.2 Å². The quantitative estimate of drug-likeness (QED) is 0.772. The average molecular weight is 296 g/mol. The summed E-state index contributed by atoms with van der Waals surface area (Å²) in [5.74, 6) is 0. The summed E-state index contributed by atoms with van der Waals surface area (Å²) in [6, 6.07) is 0. The molecule has 1 nitrogen and oxygen atoms in total. The largest absolute Gasteiger partial charge is 0.316 e. The molecule has 2 fully saturated rings. The average Bonchev–Trinajstić information content (AvgIpc) is 2.73. The van der Waals surface area contributed by atoms with E-state index in [1.165, 1.54) is 70.9 Å². The van der Waals surface area contributed by atoms with Crippen molar-refractivity contribution in [2.45, 2.75) is 71.6 Å². The van der Waals surface area contributed by atoms with Crippen molar-refractivity contribution in [3.8, 4) is 0 Å². The zero-order valence-corrected chi connectivity index (χ0v) is 13.7. The zero-order chi connectivity index (χ0) is 11.5. The van der Waals surface area contributed by atoms with Crippen LogP contribution >= 0.6 is 24.8 Å². The number of hydrogen-bond acceptors (Lipinski definition) is 1. The fraction of sp³-hybridized carbons (Fsp3) is 1.00. The molecule has 1 saturated heterocycles. The summed E-state index contributed by atoms with van der Waals surface area (Å²) in [7, 11) is 0. The van der Waals surface area contributed by atoms with Gasteiger partial charge in [-0.15, -0.1) is 24.8 Å². The molecule has 0 aromatic heterocycles. The highest BCUT2D eigenvalue weighted by Gasteiger charge is 2.42. The van der Waals surface area contributed by atoms with E-state index in [1.807, 2.05) is 0 Å². The molecule has 0 amide bonds. The number of hydrogen-bond donors (Lipinski definition) is 1. The topological polar surface area (TPSA) is 12.0 Å². The van der Waals surface area contributed by atoms with Gasteiger partial charge in [0.25, 0.3) is 0 Å². The molecule has 1 spiro atoms. The summed E-state index contributed by atoms with van der Waals surface area (Å²) in [5, 5.41) is 3.57. The Hall–Kier alpha value is 0.540. The van der Waals surface area contributed by atoms with E-state index in [1.54, 1.807) is 0 Å². The highest BCUT2D eigenvalue weighted by molar-refractivity contribution is 5.85. The lowest BCUT2D eigenvalue weighted by Gasteiger charge is -2.45.